The summed E-state index contributed by atoms with van der Waals surface area (Å²) < 4.78 is 0. The zero-order valence-electron chi connectivity index (χ0n) is 8.62. The summed E-state index contributed by atoms with van der Waals surface area (Å²) in [6.45, 7) is 2.26. The summed E-state index contributed by atoms with van der Waals surface area (Å²) in [6, 6.07) is 8.86. The molecule has 0 N–H and O–H groups in total. The SMILES string of the molecule is CCCCCc1ccc2cccsc1-2. The molecule has 0 saturated heterocycles. The van der Waals surface area contributed by atoms with Gasteiger partial charge in [-0.05, 0) is 29.3 Å². The van der Waals surface area contributed by atoms with Crippen molar-refractivity contribution >= 4 is 11.3 Å². The summed E-state index contributed by atoms with van der Waals surface area (Å²) in [5.41, 5.74) is 2.95. The fraction of sp³-hybridized carbons (Fsp3) is 0.385. The van der Waals surface area contributed by atoms with Gasteiger partial charge in [0.2, 0.25) is 0 Å². The molecular formula is C13H16S. The maximum atomic E-state index is 2.29. The van der Waals surface area contributed by atoms with Crippen LogP contribution in [0.3, 0.4) is 0 Å². The van der Waals surface area contributed by atoms with Crippen LogP contribution >= 0.6 is 11.3 Å². The molecule has 0 radical (unpaired) electrons. The third-order valence-electron chi connectivity index (χ3n) is 2.61. The largest absolute Gasteiger partial charge is 0.144 e. The van der Waals surface area contributed by atoms with Crippen LogP contribution in [-0.4, -0.2) is 0 Å². The van der Waals surface area contributed by atoms with Crippen LogP contribution in [0.4, 0.5) is 0 Å². The molecule has 1 aliphatic carbocycles. The maximum Gasteiger partial charge on any atom is 0.0374 e. The van der Waals surface area contributed by atoms with Gasteiger partial charge in [-0.2, -0.15) is 0 Å². The Balaban J connectivity index is 2.11. The highest BCUT2D eigenvalue weighted by Crippen LogP contribution is 2.32. The molecule has 0 aromatic heterocycles. The van der Waals surface area contributed by atoms with Crippen molar-refractivity contribution in [1.82, 2.24) is 0 Å². The van der Waals surface area contributed by atoms with Gasteiger partial charge in [-0.3, -0.25) is 0 Å². The molecule has 14 heavy (non-hydrogen) atoms. The second-order valence-electron chi connectivity index (χ2n) is 3.71. The van der Waals surface area contributed by atoms with Gasteiger partial charge >= 0.3 is 0 Å². The minimum absolute atomic E-state index is 1.25. The van der Waals surface area contributed by atoms with E-state index in [4.69, 9.17) is 0 Å². The van der Waals surface area contributed by atoms with Crippen LogP contribution in [0, 0.1) is 0 Å². The molecule has 0 fully saturated rings. The fourth-order valence-corrected chi connectivity index (χ4v) is 2.70. The van der Waals surface area contributed by atoms with E-state index in [1.165, 1.54) is 36.1 Å². The molecular weight excluding hydrogens is 188 g/mol. The number of unbranched alkanes of at least 4 members (excludes halogenated alkanes) is 2. The molecule has 0 saturated carbocycles. The summed E-state index contributed by atoms with van der Waals surface area (Å²) in [4.78, 5) is 1.49. The van der Waals surface area contributed by atoms with E-state index in [1.54, 1.807) is 5.56 Å². The minimum Gasteiger partial charge on any atom is -0.144 e. The monoisotopic (exact) mass is 204 g/mol. The van der Waals surface area contributed by atoms with Gasteiger partial charge in [0.15, 0.2) is 0 Å². The number of rotatable bonds is 4. The van der Waals surface area contributed by atoms with Crippen LogP contribution in [0.25, 0.3) is 10.4 Å². The Morgan fingerprint density at radius 3 is 2.93 bits per heavy atom. The van der Waals surface area contributed by atoms with Gasteiger partial charge in [0.05, 0.1) is 0 Å². The highest BCUT2D eigenvalue weighted by atomic mass is 32.1. The Labute approximate surface area is 89.9 Å². The topological polar surface area (TPSA) is 0 Å². The zero-order chi connectivity index (χ0) is 9.80. The number of fused-ring (bicyclic) bond motifs is 1. The molecule has 0 unspecified atom stereocenters. The minimum atomic E-state index is 1.25. The second kappa shape index (κ2) is 4.61. The molecule has 0 atom stereocenters. The van der Waals surface area contributed by atoms with Crippen LogP contribution in [0.15, 0.2) is 29.6 Å². The quantitative estimate of drug-likeness (QED) is 0.639. The molecule has 0 aromatic rings. The van der Waals surface area contributed by atoms with Crippen LogP contribution in [0.5, 0.6) is 0 Å². The Morgan fingerprint density at radius 2 is 2.07 bits per heavy atom. The van der Waals surface area contributed by atoms with E-state index < -0.39 is 0 Å². The molecule has 0 nitrogen and oxygen atoms in total. The molecule has 1 aliphatic heterocycles. The lowest BCUT2D eigenvalue weighted by atomic mass is 10.1. The van der Waals surface area contributed by atoms with Gasteiger partial charge in [-0.15, -0.1) is 11.3 Å². The Kier molecular flexibility index (Phi) is 3.20. The van der Waals surface area contributed by atoms with Gasteiger partial charge in [-0.1, -0.05) is 44.0 Å². The lowest BCUT2D eigenvalue weighted by Gasteiger charge is -2.02. The number of hydrogen-bond donors (Lipinski definition) is 0. The lowest BCUT2D eigenvalue weighted by molar-refractivity contribution is 0.719. The van der Waals surface area contributed by atoms with Crippen molar-refractivity contribution < 1.29 is 0 Å². The standard InChI is InChI=1S/C13H16S/c1-2-3-4-6-11-8-9-12-7-5-10-14-13(11)12/h5,7-10H,2-4,6H2,1H3. The van der Waals surface area contributed by atoms with E-state index in [0.717, 1.165) is 0 Å². The second-order valence-corrected chi connectivity index (χ2v) is 4.63. The number of aryl methyl sites for hydroxylation is 1. The molecule has 0 aromatic carbocycles. The van der Waals surface area contributed by atoms with Gasteiger partial charge in [-0.25, -0.2) is 0 Å². The first-order valence-electron chi connectivity index (χ1n) is 5.37. The normalized spacial score (nSPS) is 10.9. The highest BCUT2D eigenvalue weighted by Gasteiger charge is 2.07. The van der Waals surface area contributed by atoms with Crippen LogP contribution in [0.1, 0.15) is 31.7 Å². The van der Waals surface area contributed by atoms with Crippen molar-refractivity contribution in [2.45, 2.75) is 32.6 Å². The van der Waals surface area contributed by atoms with Crippen molar-refractivity contribution in [1.29, 1.82) is 0 Å². The summed E-state index contributed by atoms with van der Waals surface area (Å²) in [6.07, 6.45) is 5.24. The van der Waals surface area contributed by atoms with Gasteiger partial charge in [0.25, 0.3) is 0 Å². The lowest BCUT2D eigenvalue weighted by Crippen LogP contribution is -1.83. The Bertz CT molecular complexity index is 362. The van der Waals surface area contributed by atoms with E-state index in [2.05, 4.69) is 36.6 Å². The fourth-order valence-electron chi connectivity index (χ4n) is 1.81. The van der Waals surface area contributed by atoms with Crippen LogP contribution in [-0.2, 0) is 6.42 Å². The van der Waals surface area contributed by atoms with Gasteiger partial charge in [0.1, 0.15) is 0 Å². The molecule has 0 spiro atoms. The highest BCUT2D eigenvalue weighted by molar-refractivity contribution is 7.13. The first-order valence-corrected chi connectivity index (χ1v) is 6.25. The Morgan fingerprint density at radius 1 is 1.14 bits per heavy atom. The predicted molar refractivity (Wildman–Crippen MR) is 64.2 cm³/mol. The van der Waals surface area contributed by atoms with Crippen molar-refractivity contribution in [3.63, 3.8) is 0 Å². The molecule has 74 valence electrons. The summed E-state index contributed by atoms with van der Waals surface area (Å²) in [5.74, 6) is 0. The van der Waals surface area contributed by atoms with Crippen molar-refractivity contribution in [2.24, 2.45) is 0 Å². The molecule has 2 rings (SSSR count). The van der Waals surface area contributed by atoms with E-state index in [1.807, 2.05) is 11.3 Å². The van der Waals surface area contributed by atoms with Crippen molar-refractivity contribution in [3.05, 3.63) is 35.2 Å². The van der Waals surface area contributed by atoms with Gasteiger partial charge < -0.3 is 0 Å². The van der Waals surface area contributed by atoms with Gasteiger partial charge in [0, 0.05) is 4.88 Å². The molecule has 0 bridgehead atoms. The third kappa shape index (κ3) is 1.98. The van der Waals surface area contributed by atoms with E-state index >= 15 is 0 Å². The average molecular weight is 204 g/mol. The van der Waals surface area contributed by atoms with Crippen molar-refractivity contribution in [3.8, 4) is 10.4 Å². The third-order valence-corrected chi connectivity index (χ3v) is 3.63. The van der Waals surface area contributed by atoms with Crippen LogP contribution in [0.2, 0.25) is 0 Å². The first-order chi connectivity index (χ1) is 6.92. The zero-order valence-corrected chi connectivity index (χ0v) is 9.44. The maximum absolute atomic E-state index is 2.29. The summed E-state index contributed by atoms with van der Waals surface area (Å²) >= 11 is 1.87. The summed E-state index contributed by atoms with van der Waals surface area (Å²) in [7, 11) is 0. The first kappa shape index (κ1) is 9.72. The van der Waals surface area contributed by atoms with E-state index in [9.17, 15) is 0 Å². The van der Waals surface area contributed by atoms with Crippen molar-refractivity contribution in [2.75, 3.05) is 0 Å². The van der Waals surface area contributed by atoms with E-state index in [0.29, 0.717) is 0 Å². The molecule has 2 aliphatic rings. The van der Waals surface area contributed by atoms with E-state index in [-0.39, 0.29) is 0 Å². The Hall–Kier alpha value is -0.820. The molecule has 1 heterocycles. The number of hydrogen-bond acceptors (Lipinski definition) is 1. The predicted octanol–water partition coefficient (Wildman–Crippen LogP) is 4.59. The average Bonchev–Trinajstić information content (AvgIpc) is 2.63. The molecule has 1 heteroatoms. The molecule has 0 amide bonds. The smallest absolute Gasteiger partial charge is 0.0374 e. The van der Waals surface area contributed by atoms with Crippen LogP contribution < -0.4 is 0 Å². The summed E-state index contributed by atoms with van der Waals surface area (Å²) in [5, 5.41) is 2.17.